The van der Waals surface area contributed by atoms with Crippen LogP contribution in [0.5, 0.6) is 0 Å². The average molecular weight is 258 g/mol. The molecule has 0 atom stereocenters. The Morgan fingerprint density at radius 3 is 1.68 bits per heavy atom. The number of hydrogen-bond donors (Lipinski definition) is 0. The highest BCUT2D eigenvalue weighted by atomic mass is 16.4. The van der Waals surface area contributed by atoms with E-state index in [-0.39, 0.29) is 11.8 Å². The summed E-state index contributed by atoms with van der Waals surface area (Å²) in [4.78, 5) is 27.1. The van der Waals surface area contributed by atoms with Crippen molar-refractivity contribution in [2.24, 2.45) is 9.98 Å². The zero-order valence-electron chi connectivity index (χ0n) is 10.3. The third-order valence-electron chi connectivity index (χ3n) is 2.73. The molecule has 0 saturated heterocycles. The molecule has 0 fully saturated rings. The standard InChI is InChI=1S/C13H10N2O4/c1-13(2,9-3-5-11(18-9)14-7-16)10-4-6-12(19-10)15-8-17/h3-6H,1-2H3. The molecular weight excluding hydrogens is 248 g/mol. The highest BCUT2D eigenvalue weighted by Crippen LogP contribution is 2.36. The summed E-state index contributed by atoms with van der Waals surface area (Å²) in [5.74, 6) is 1.49. The van der Waals surface area contributed by atoms with Crippen molar-refractivity contribution in [3.8, 4) is 0 Å². The molecule has 0 aliphatic carbocycles. The molecule has 0 N–H and O–H groups in total. The van der Waals surface area contributed by atoms with E-state index in [9.17, 15) is 9.59 Å². The van der Waals surface area contributed by atoms with E-state index in [1.807, 2.05) is 13.8 Å². The molecule has 2 rings (SSSR count). The summed E-state index contributed by atoms with van der Waals surface area (Å²) < 4.78 is 10.8. The van der Waals surface area contributed by atoms with Gasteiger partial charge in [0.2, 0.25) is 23.9 Å². The molecular formula is C13H10N2O4. The van der Waals surface area contributed by atoms with Gasteiger partial charge in [0.05, 0.1) is 5.41 Å². The van der Waals surface area contributed by atoms with Crippen LogP contribution < -0.4 is 0 Å². The van der Waals surface area contributed by atoms with Gasteiger partial charge in [-0.25, -0.2) is 9.59 Å². The molecule has 0 aliphatic rings. The fraction of sp³-hybridized carbons (Fsp3) is 0.231. The fourth-order valence-corrected chi connectivity index (χ4v) is 1.66. The Bertz CT molecular complexity index is 625. The number of rotatable bonds is 4. The van der Waals surface area contributed by atoms with Gasteiger partial charge in [0, 0.05) is 12.1 Å². The molecule has 0 aromatic carbocycles. The number of hydrogen-bond acceptors (Lipinski definition) is 6. The van der Waals surface area contributed by atoms with Crippen LogP contribution in [0.3, 0.4) is 0 Å². The number of furan rings is 2. The van der Waals surface area contributed by atoms with Gasteiger partial charge in [0.1, 0.15) is 11.5 Å². The molecule has 0 aliphatic heterocycles. The largest absolute Gasteiger partial charge is 0.442 e. The minimum absolute atomic E-state index is 0.177. The second kappa shape index (κ2) is 4.90. The molecule has 0 spiro atoms. The molecule has 2 aromatic rings. The van der Waals surface area contributed by atoms with E-state index in [1.165, 1.54) is 12.2 Å². The van der Waals surface area contributed by atoms with Crippen molar-refractivity contribution in [3.05, 3.63) is 35.8 Å². The smallest absolute Gasteiger partial charge is 0.243 e. The van der Waals surface area contributed by atoms with Crippen LogP contribution in [0.15, 0.2) is 43.1 Å². The van der Waals surface area contributed by atoms with E-state index in [2.05, 4.69) is 9.98 Å². The third-order valence-corrected chi connectivity index (χ3v) is 2.73. The van der Waals surface area contributed by atoms with Crippen molar-refractivity contribution in [2.45, 2.75) is 19.3 Å². The van der Waals surface area contributed by atoms with Gasteiger partial charge in [-0.05, 0) is 26.0 Å². The van der Waals surface area contributed by atoms with Crippen molar-refractivity contribution in [3.63, 3.8) is 0 Å². The molecule has 0 bridgehead atoms. The van der Waals surface area contributed by atoms with Gasteiger partial charge >= 0.3 is 0 Å². The highest BCUT2D eigenvalue weighted by molar-refractivity contribution is 5.45. The first-order chi connectivity index (χ1) is 9.07. The minimum atomic E-state index is -0.590. The average Bonchev–Trinajstić information content (AvgIpc) is 2.99. The molecule has 0 unspecified atom stereocenters. The van der Waals surface area contributed by atoms with E-state index in [0.29, 0.717) is 11.5 Å². The second-order valence-corrected chi connectivity index (χ2v) is 4.31. The Hall–Kier alpha value is -2.68. The quantitative estimate of drug-likeness (QED) is 0.622. The van der Waals surface area contributed by atoms with Crippen LogP contribution in [0.2, 0.25) is 0 Å². The van der Waals surface area contributed by atoms with Crippen LogP contribution in [0.4, 0.5) is 11.8 Å². The predicted octanol–water partition coefficient (Wildman–Crippen LogP) is 3.13. The first-order valence-corrected chi connectivity index (χ1v) is 5.44. The van der Waals surface area contributed by atoms with Gasteiger partial charge in [-0.15, -0.1) is 9.98 Å². The molecule has 0 saturated carbocycles. The molecule has 96 valence electrons. The summed E-state index contributed by atoms with van der Waals surface area (Å²) in [6.07, 6.45) is 2.82. The Balaban J connectivity index is 2.38. The molecule has 0 radical (unpaired) electrons. The number of carbonyl (C=O) groups excluding carboxylic acids is 2. The number of isocyanates is 2. The summed E-state index contributed by atoms with van der Waals surface area (Å²) in [6.45, 7) is 3.74. The fourth-order valence-electron chi connectivity index (χ4n) is 1.66. The van der Waals surface area contributed by atoms with Gasteiger partial charge in [-0.1, -0.05) is 0 Å². The SMILES string of the molecule is CC(C)(c1ccc(N=C=O)o1)c1ccc(N=C=O)o1. The van der Waals surface area contributed by atoms with Crippen LogP contribution in [0.25, 0.3) is 0 Å². The van der Waals surface area contributed by atoms with Crippen LogP contribution in [0.1, 0.15) is 25.4 Å². The normalized spacial score (nSPS) is 10.6. The maximum absolute atomic E-state index is 10.2. The third kappa shape index (κ3) is 2.45. The molecule has 0 amide bonds. The maximum Gasteiger partial charge on any atom is 0.243 e. The van der Waals surface area contributed by atoms with E-state index in [1.54, 1.807) is 24.3 Å². The topological polar surface area (TPSA) is 85.1 Å². The van der Waals surface area contributed by atoms with Crippen molar-refractivity contribution in [2.75, 3.05) is 0 Å². The van der Waals surface area contributed by atoms with Crippen molar-refractivity contribution in [1.29, 1.82) is 0 Å². The van der Waals surface area contributed by atoms with E-state index < -0.39 is 5.41 Å². The summed E-state index contributed by atoms with van der Waals surface area (Å²) >= 11 is 0. The van der Waals surface area contributed by atoms with Crippen LogP contribution in [0, 0.1) is 0 Å². The Morgan fingerprint density at radius 1 is 0.895 bits per heavy atom. The zero-order chi connectivity index (χ0) is 13.9. The lowest BCUT2D eigenvalue weighted by molar-refractivity contribution is 0.371. The molecule has 2 aromatic heterocycles. The van der Waals surface area contributed by atoms with Crippen LogP contribution in [-0.4, -0.2) is 12.2 Å². The van der Waals surface area contributed by atoms with Crippen LogP contribution >= 0.6 is 0 Å². The monoisotopic (exact) mass is 258 g/mol. The Labute approximate surface area is 108 Å². The van der Waals surface area contributed by atoms with Gasteiger partial charge in [0.15, 0.2) is 0 Å². The first kappa shape index (κ1) is 12.8. The van der Waals surface area contributed by atoms with E-state index in [4.69, 9.17) is 8.83 Å². The molecule has 6 nitrogen and oxygen atoms in total. The van der Waals surface area contributed by atoms with E-state index in [0.717, 1.165) is 0 Å². The van der Waals surface area contributed by atoms with Crippen LogP contribution in [-0.2, 0) is 15.0 Å². The number of aliphatic imine (C=N–C) groups is 2. The molecule has 19 heavy (non-hydrogen) atoms. The first-order valence-electron chi connectivity index (χ1n) is 5.44. The zero-order valence-corrected chi connectivity index (χ0v) is 10.3. The highest BCUT2D eigenvalue weighted by Gasteiger charge is 2.30. The van der Waals surface area contributed by atoms with E-state index >= 15 is 0 Å². The second-order valence-electron chi connectivity index (χ2n) is 4.31. The lowest BCUT2D eigenvalue weighted by Gasteiger charge is -2.18. The maximum atomic E-state index is 10.2. The lowest BCUT2D eigenvalue weighted by atomic mass is 9.87. The predicted molar refractivity (Wildman–Crippen MR) is 65.1 cm³/mol. The summed E-state index contributed by atoms with van der Waals surface area (Å²) in [6, 6.07) is 6.52. The summed E-state index contributed by atoms with van der Waals surface area (Å²) in [5.41, 5.74) is -0.590. The Kier molecular flexibility index (Phi) is 3.29. The van der Waals surface area contributed by atoms with Crippen molar-refractivity contribution in [1.82, 2.24) is 0 Å². The summed E-state index contributed by atoms with van der Waals surface area (Å²) in [5, 5.41) is 0. The van der Waals surface area contributed by atoms with Crippen molar-refractivity contribution < 1.29 is 18.4 Å². The van der Waals surface area contributed by atoms with Gasteiger partial charge in [0.25, 0.3) is 0 Å². The van der Waals surface area contributed by atoms with Gasteiger partial charge in [-0.2, -0.15) is 0 Å². The summed E-state index contributed by atoms with van der Waals surface area (Å²) in [7, 11) is 0. The minimum Gasteiger partial charge on any atom is -0.442 e. The lowest BCUT2D eigenvalue weighted by Crippen LogP contribution is -2.16. The Morgan fingerprint density at radius 2 is 1.32 bits per heavy atom. The van der Waals surface area contributed by atoms with Gasteiger partial charge in [-0.3, -0.25) is 0 Å². The van der Waals surface area contributed by atoms with Crippen molar-refractivity contribution >= 4 is 23.9 Å². The number of nitrogens with zero attached hydrogens (tertiary/aromatic N) is 2. The molecule has 2 heterocycles. The van der Waals surface area contributed by atoms with Gasteiger partial charge < -0.3 is 8.83 Å². The molecule has 6 heteroatoms.